The lowest BCUT2D eigenvalue weighted by molar-refractivity contribution is -0.167. The van der Waals surface area contributed by atoms with E-state index in [2.05, 4.69) is 32.9 Å². The Morgan fingerprint density at radius 1 is 0.297 bits per heavy atom. The molecule has 0 aromatic carbocycles. The molecular weight excluding hydrogens is 793 g/mol. The largest absolute Gasteiger partial charge is 0.462 e. The van der Waals surface area contributed by atoms with E-state index in [1.807, 2.05) is 0 Å². The summed E-state index contributed by atoms with van der Waals surface area (Å²) in [5.74, 6) is -0.846. The van der Waals surface area contributed by atoms with Crippen LogP contribution in [0.25, 0.3) is 0 Å². The molecule has 0 spiro atoms. The number of ether oxygens (including phenoxy) is 3. The summed E-state index contributed by atoms with van der Waals surface area (Å²) in [4.78, 5) is 38.1. The van der Waals surface area contributed by atoms with Crippen molar-refractivity contribution in [1.29, 1.82) is 0 Å². The van der Waals surface area contributed by atoms with Crippen molar-refractivity contribution in [3.05, 3.63) is 12.2 Å². The fourth-order valence-electron chi connectivity index (χ4n) is 8.68. The molecule has 1 atom stereocenters. The molecule has 0 aliphatic rings. The number of rotatable bonds is 53. The highest BCUT2D eigenvalue weighted by Gasteiger charge is 2.19. The quantitative estimate of drug-likeness (QED) is 0.0262. The summed E-state index contributed by atoms with van der Waals surface area (Å²) in [6.45, 7) is 6.68. The fourth-order valence-corrected chi connectivity index (χ4v) is 8.68. The zero-order valence-corrected chi connectivity index (χ0v) is 43.3. The van der Waals surface area contributed by atoms with Gasteiger partial charge in [0.2, 0.25) is 0 Å². The molecule has 6 heteroatoms. The summed E-state index contributed by atoms with van der Waals surface area (Å²) >= 11 is 0. The van der Waals surface area contributed by atoms with E-state index in [1.54, 1.807) is 0 Å². The van der Waals surface area contributed by atoms with Gasteiger partial charge in [0.25, 0.3) is 0 Å². The zero-order chi connectivity index (χ0) is 46.5. The molecule has 0 aliphatic heterocycles. The summed E-state index contributed by atoms with van der Waals surface area (Å²) in [7, 11) is 0. The van der Waals surface area contributed by atoms with Gasteiger partial charge in [-0.05, 0) is 44.9 Å². The third-order valence-corrected chi connectivity index (χ3v) is 13.0. The molecule has 0 fully saturated rings. The van der Waals surface area contributed by atoms with E-state index in [0.717, 1.165) is 57.8 Å². The topological polar surface area (TPSA) is 78.9 Å². The van der Waals surface area contributed by atoms with Crippen molar-refractivity contribution in [2.75, 3.05) is 13.2 Å². The number of esters is 3. The Kier molecular flexibility index (Phi) is 52.2. The monoisotopic (exact) mass is 903 g/mol. The fraction of sp³-hybridized carbons (Fsp3) is 0.914. The summed E-state index contributed by atoms with van der Waals surface area (Å²) < 4.78 is 16.9. The van der Waals surface area contributed by atoms with Crippen molar-refractivity contribution in [1.82, 2.24) is 0 Å². The first-order valence-corrected chi connectivity index (χ1v) is 28.7. The van der Waals surface area contributed by atoms with Gasteiger partial charge in [0.1, 0.15) is 13.2 Å². The standard InChI is InChI=1S/C58H110O6/c1-4-7-10-13-16-19-22-25-28-29-31-33-36-39-42-45-48-51-57(60)63-54-55(53-62-56(59)50-47-44-41-38-35-32-27-24-21-18-15-12-9-6-3)64-58(61)52-49-46-43-40-37-34-30-26-23-20-17-14-11-8-5-2/h20,23,55H,4-19,21-22,24-54H2,1-3H3/b23-20+/t55-/m1/s1. The van der Waals surface area contributed by atoms with Gasteiger partial charge in [-0.25, -0.2) is 0 Å². The van der Waals surface area contributed by atoms with Crippen LogP contribution in [-0.2, 0) is 28.6 Å². The first-order chi connectivity index (χ1) is 31.5. The first-order valence-electron chi connectivity index (χ1n) is 28.7. The lowest BCUT2D eigenvalue weighted by Crippen LogP contribution is -2.30. The Morgan fingerprint density at radius 2 is 0.516 bits per heavy atom. The van der Waals surface area contributed by atoms with Gasteiger partial charge in [-0.1, -0.05) is 270 Å². The normalized spacial score (nSPS) is 12.0. The van der Waals surface area contributed by atoms with Crippen molar-refractivity contribution >= 4 is 17.9 Å². The minimum atomic E-state index is -0.766. The number of carbonyl (C=O) groups excluding carboxylic acids is 3. The average Bonchev–Trinajstić information content (AvgIpc) is 3.29. The van der Waals surface area contributed by atoms with Crippen LogP contribution < -0.4 is 0 Å². The van der Waals surface area contributed by atoms with Crippen molar-refractivity contribution in [2.45, 2.75) is 329 Å². The highest BCUT2D eigenvalue weighted by Crippen LogP contribution is 2.17. The molecule has 0 saturated carbocycles. The van der Waals surface area contributed by atoms with E-state index in [0.29, 0.717) is 19.3 Å². The van der Waals surface area contributed by atoms with Crippen molar-refractivity contribution in [3.63, 3.8) is 0 Å². The number of hydrogen-bond donors (Lipinski definition) is 0. The Hall–Kier alpha value is -1.85. The van der Waals surface area contributed by atoms with E-state index < -0.39 is 6.10 Å². The number of allylic oxidation sites excluding steroid dienone is 2. The Labute approximate surface area is 399 Å². The maximum Gasteiger partial charge on any atom is 0.306 e. The van der Waals surface area contributed by atoms with E-state index in [4.69, 9.17) is 14.2 Å². The minimum Gasteiger partial charge on any atom is -0.462 e. The molecule has 0 rings (SSSR count). The van der Waals surface area contributed by atoms with Gasteiger partial charge in [-0.3, -0.25) is 14.4 Å². The molecule has 378 valence electrons. The zero-order valence-electron chi connectivity index (χ0n) is 43.3. The van der Waals surface area contributed by atoms with E-state index >= 15 is 0 Å². The van der Waals surface area contributed by atoms with Gasteiger partial charge in [0, 0.05) is 19.3 Å². The van der Waals surface area contributed by atoms with Crippen molar-refractivity contribution in [3.8, 4) is 0 Å². The molecule has 0 bridgehead atoms. The average molecular weight is 904 g/mol. The molecule has 0 heterocycles. The predicted octanol–water partition coefficient (Wildman–Crippen LogP) is 18.9. The Bertz CT molecular complexity index is 993. The van der Waals surface area contributed by atoms with Crippen molar-refractivity contribution < 1.29 is 28.6 Å². The van der Waals surface area contributed by atoms with Crippen LogP contribution in [0.2, 0.25) is 0 Å². The molecule has 0 saturated heterocycles. The van der Waals surface area contributed by atoms with Gasteiger partial charge in [0.15, 0.2) is 6.10 Å². The molecule has 6 nitrogen and oxygen atoms in total. The van der Waals surface area contributed by atoms with Gasteiger partial charge in [0.05, 0.1) is 0 Å². The third kappa shape index (κ3) is 51.1. The second kappa shape index (κ2) is 53.8. The molecule has 0 aromatic rings. The van der Waals surface area contributed by atoms with Crippen LogP contribution in [0.15, 0.2) is 12.2 Å². The molecule has 0 aliphatic carbocycles. The van der Waals surface area contributed by atoms with Gasteiger partial charge < -0.3 is 14.2 Å². The van der Waals surface area contributed by atoms with Gasteiger partial charge >= 0.3 is 17.9 Å². The minimum absolute atomic E-state index is 0.0658. The first kappa shape index (κ1) is 62.1. The summed E-state index contributed by atoms with van der Waals surface area (Å²) in [5.41, 5.74) is 0. The van der Waals surface area contributed by atoms with Crippen LogP contribution in [0.4, 0.5) is 0 Å². The van der Waals surface area contributed by atoms with Crippen LogP contribution in [0.1, 0.15) is 323 Å². The molecular formula is C58H110O6. The summed E-state index contributed by atoms with van der Waals surface area (Å²) in [5, 5.41) is 0. The van der Waals surface area contributed by atoms with Crippen LogP contribution in [0.5, 0.6) is 0 Å². The van der Waals surface area contributed by atoms with Gasteiger partial charge in [-0.15, -0.1) is 0 Å². The molecule has 0 amide bonds. The smallest absolute Gasteiger partial charge is 0.306 e. The highest BCUT2D eigenvalue weighted by atomic mass is 16.6. The van der Waals surface area contributed by atoms with Crippen LogP contribution >= 0.6 is 0 Å². The Morgan fingerprint density at radius 3 is 0.797 bits per heavy atom. The summed E-state index contributed by atoms with van der Waals surface area (Å²) in [6.07, 6.45) is 60.5. The maximum atomic E-state index is 12.8. The number of hydrogen-bond acceptors (Lipinski definition) is 6. The number of unbranched alkanes of at least 4 members (excludes halogenated alkanes) is 40. The van der Waals surface area contributed by atoms with Gasteiger partial charge in [-0.2, -0.15) is 0 Å². The molecule has 0 aromatic heterocycles. The third-order valence-electron chi connectivity index (χ3n) is 13.0. The van der Waals surface area contributed by atoms with E-state index in [1.165, 1.54) is 225 Å². The Balaban J connectivity index is 4.31. The second-order valence-electron chi connectivity index (χ2n) is 19.6. The second-order valence-corrected chi connectivity index (χ2v) is 19.6. The number of carbonyl (C=O) groups is 3. The molecule has 0 unspecified atom stereocenters. The predicted molar refractivity (Wildman–Crippen MR) is 275 cm³/mol. The van der Waals surface area contributed by atoms with Crippen molar-refractivity contribution in [2.24, 2.45) is 0 Å². The van der Waals surface area contributed by atoms with Crippen LogP contribution in [0, 0.1) is 0 Å². The SMILES string of the molecule is CCCCCC/C=C/CCCCCCCCCC(=O)O[C@H](COC(=O)CCCCCCCCCCCCCCCC)COC(=O)CCCCCCCCCCCCCCCCCCC. The van der Waals surface area contributed by atoms with E-state index in [9.17, 15) is 14.4 Å². The van der Waals surface area contributed by atoms with Crippen LogP contribution in [0.3, 0.4) is 0 Å². The molecule has 0 N–H and O–H groups in total. The molecule has 0 radical (unpaired) electrons. The van der Waals surface area contributed by atoms with E-state index in [-0.39, 0.29) is 31.1 Å². The maximum absolute atomic E-state index is 12.8. The van der Waals surface area contributed by atoms with Crippen LogP contribution in [-0.4, -0.2) is 37.2 Å². The lowest BCUT2D eigenvalue weighted by Gasteiger charge is -2.18. The highest BCUT2D eigenvalue weighted by molar-refractivity contribution is 5.71. The lowest BCUT2D eigenvalue weighted by atomic mass is 10.0. The summed E-state index contributed by atoms with van der Waals surface area (Å²) in [6, 6.07) is 0. The molecule has 64 heavy (non-hydrogen) atoms.